The highest BCUT2D eigenvalue weighted by atomic mass is 16.6. The first kappa shape index (κ1) is 16.1. The Labute approximate surface area is 139 Å². The van der Waals surface area contributed by atoms with Crippen LogP contribution in [0.2, 0.25) is 0 Å². The van der Waals surface area contributed by atoms with Crippen molar-refractivity contribution in [3.63, 3.8) is 0 Å². The Morgan fingerprint density at radius 2 is 2.00 bits per heavy atom. The molecule has 24 heavy (non-hydrogen) atoms. The molecular formula is C17H18N2O5. The van der Waals surface area contributed by atoms with Gasteiger partial charge in [-0.25, -0.2) is 0 Å². The minimum absolute atomic E-state index is 0.0959. The van der Waals surface area contributed by atoms with Crippen LogP contribution in [0.3, 0.4) is 0 Å². The largest absolute Gasteiger partial charge is 0.488 e. The molecule has 0 atom stereocenters. The standard InChI is InChI=1S/C17H18N2O5/c20-19(21)14-4-1-3-13(11-14)12-18-7-8-22-15-5-2-6-16-17(15)24-10-9-23-16/h1-6,11,18H,7-10,12H2. The van der Waals surface area contributed by atoms with E-state index in [0.717, 1.165) is 5.56 Å². The molecule has 7 heteroatoms. The number of benzene rings is 2. The average Bonchev–Trinajstić information content (AvgIpc) is 2.62. The second kappa shape index (κ2) is 7.65. The smallest absolute Gasteiger partial charge is 0.269 e. The van der Waals surface area contributed by atoms with Gasteiger partial charge < -0.3 is 19.5 Å². The Hall–Kier alpha value is -2.80. The van der Waals surface area contributed by atoms with Crippen LogP contribution in [0.1, 0.15) is 5.56 Å². The first-order valence-electron chi connectivity index (χ1n) is 7.69. The minimum Gasteiger partial charge on any atom is -0.488 e. The molecule has 0 spiro atoms. The van der Waals surface area contributed by atoms with Crippen LogP contribution in [0, 0.1) is 10.1 Å². The van der Waals surface area contributed by atoms with E-state index in [4.69, 9.17) is 14.2 Å². The number of nitro groups is 1. The maximum absolute atomic E-state index is 10.7. The molecule has 0 unspecified atom stereocenters. The third-order valence-electron chi connectivity index (χ3n) is 3.52. The molecule has 0 aliphatic carbocycles. The summed E-state index contributed by atoms with van der Waals surface area (Å²) in [6.07, 6.45) is 0. The zero-order valence-electron chi connectivity index (χ0n) is 13.1. The second-order valence-electron chi connectivity index (χ2n) is 5.23. The Kier molecular flexibility index (Phi) is 5.12. The zero-order valence-corrected chi connectivity index (χ0v) is 13.1. The van der Waals surface area contributed by atoms with Gasteiger partial charge in [0.2, 0.25) is 5.75 Å². The summed E-state index contributed by atoms with van der Waals surface area (Å²) in [5, 5.41) is 13.9. The van der Waals surface area contributed by atoms with Gasteiger partial charge in [0.15, 0.2) is 11.5 Å². The molecule has 1 aliphatic heterocycles. The van der Waals surface area contributed by atoms with Crippen LogP contribution in [0.5, 0.6) is 17.2 Å². The lowest BCUT2D eigenvalue weighted by atomic mass is 10.2. The van der Waals surface area contributed by atoms with Gasteiger partial charge in [-0.15, -0.1) is 0 Å². The van der Waals surface area contributed by atoms with Crippen molar-refractivity contribution < 1.29 is 19.1 Å². The van der Waals surface area contributed by atoms with E-state index in [2.05, 4.69) is 5.32 Å². The van der Waals surface area contributed by atoms with Crippen LogP contribution in [0.25, 0.3) is 0 Å². The fourth-order valence-corrected chi connectivity index (χ4v) is 2.41. The third-order valence-corrected chi connectivity index (χ3v) is 3.52. The van der Waals surface area contributed by atoms with Crippen molar-refractivity contribution in [2.75, 3.05) is 26.4 Å². The number of ether oxygens (including phenoxy) is 3. The molecule has 1 aliphatic rings. The maximum atomic E-state index is 10.7. The van der Waals surface area contributed by atoms with Crippen molar-refractivity contribution in [1.29, 1.82) is 0 Å². The first-order chi connectivity index (χ1) is 11.7. The monoisotopic (exact) mass is 330 g/mol. The zero-order chi connectivity index (χ0) is 16.8. The number of nitrogens with one attached hydrogen (secondary N) is 1. The Morgan fingerprint density at radius 3 is 2.88 bits per heavy atom. The Morgan fingerprint density at radius 1 is 1.17 bits per heavy atom. The van der Waals surface area contributed by atoms with E-state index in [0.29, 0.717) is 50.2 Å². The van der Waals surface area contributed by atoms with Crippen molar-refractivity contribution in [3.05, 3.63) is 58.1 Å². The van der Waals surface area contributed by atoms with E-state index in [1.807, 2.05) is 24.3 Å². The topological polar surface area (TPSA) is 82.9 Å². The number of nitro benzene ring substituents is 1. The molecule has 2 aromatic carbocycles. The quantitative estimate of drug-likeness (QED) is 0.477. The lowest BCUT2D eigenvalue weighted by Gasteiger charge is -2.20. The van der Waals surface area contributed by atoms with Gasteiger partial charge in [0, 0.05) is 25.2 Å². The number of para-hydroxylation sites is 1. The summed E-state index contributed by atoms with van der Waals surface area (Å²) in [7, 11) is 0. The summed E-state index contributed by atoms with van der Waals surface area (Å²) in [5.74, 6) is 2.00. The summed E-state index contributed by atoms with van der Waals surface area (Å²) in [6, 6.07) is 12.1. The van der Waals surface area contributed by atoms with Gasteiger partial charge in [-0.05, 0) is 17.7 Å². The van der Waals surface area contributed by atoms with Gasteiger partial charge >= 0.3 is 0 Å². The summed E-state index contributed by atoms with van der Waals surface area (Å²) < 4.78 is 16.8. The van der Waals surface area contributed by atoms with Crippen molar-refractivity contribution in [3.8, 4) is 17.2 Å². The highest BCUT2D eigenvalue weighted by Gasteiger charge is 2.16. The summed E-state index contributed by atoms with van der Waals surface area (Å²) >= 11 is 0. The molecular weight excluding hydrogens is 312 g/mol. The van der Waals surface area contributed by atoms with Gasteiger partial charge in [0.25, 0.3) is 5.69 Å². The van der Waals surface area contributed by atoms with E-state index in [1.165, 1.54) is 6.07 Å². The molecule has 0 radical (unpaired) electrons. The molecule has 0 saturated heterocycles. The number of rotatable bonds is 7. The molecule has 126 valence electrons. The van der Waals surface area contributed by atoms with E-state index >= 15 is 0 Å². The first-order valence-corrected chi connectivity index (χ1v) is 7.69. The average molecular weight is 330 g/mol. The van der Waals surface area contributed by atoms with Crippen LogP contribution in [-0.2, 0) is 6.54 Å². The highest BCUT2D eigenvalue weighted by Crippen LogP contribution is 2.38. The molecule has 1 N–H and O–H groups in total. The number of hydrogen-bond acceptors (Lipinski definition) is 6. The lowest BCUT2D eigenvalue weighted by molar-refractivity contribution is -0.384. The highest BCUT2D eigenvalue weighted by molar-refractivity contribution is 5.51. The normalized spacial score (nSPS) is 12.7. The molecule has 2 aromatic rings. The molecule has 3 rings (SSSR count). The van der Waals surface area contributed by atoms with Crippen LogP contribution < -0.4 is 19.5 Å². The second-order valence-corrected chi connectivity index (χ2v) is 5.23. The number of fused-ring (bicyclic) bond motifs is 1. The van der Waals surface area contributed by atoms with Crippen molar-refractivity contribution in [2.24, 2.45) is 0 Å². The van der Waals surface area contributed by atoms with Crippen LogP contribution in [-0.4, -0.2) is 31.3 Å². The van der Waals surface area contributed by atoms with Crippen molar-refractivity contribution in [2.45, 2.75) is 6.54 Å². The molecule has 0 fully saturated rings. The molecule has 1 heterocycles. The van der Waals surface area contributed by atoms with Crippen molar-refractivity contribution in [1.82, 2.24) is 5.32 Å². The van der Waals surface area contributed by atoms with Gasteiger partial charge in [-0.2, -0.15) is 0 Å². The molecule has 7 nitrogen and oxygen atoms in total. The summed E-state index contributed by atoms with van der Waals surface area (Å²) in [5.41, 5.74) is 0.955. The van der Waals surface area contributed by atoms with E-state index in [9.17, 15) is 10.1 Å². The van der Waals surface area contributed by atoms with Crippen LogP contribution >= 0.6 is 0 Å². The van der Waals surface area contributed by atoms with Gasteiger partial charge in [-0.3, -0.25) is 10.1 Å². The number of nitrogens with zero attached hydrogens (tertiary/aromatic N) is 1. The molecule has 0 saturated carbocycles. The fourth-order valence-electron chi connectivity index (χ4n) is 2.41. The van der Waals surface area contributed by atoms with Crippen LogP contribution in [0.4, 0.5) is 5.69 Å². The van der Waals surface area contributed by atoms with E-state index < -0.39 is 4.92 Å². The van der Waals surface area contributed by atoms with E-state index in [1.54, 1.807) is 12.1 Å². The number of hydrogen-bond donors (Lipinski definition) is 1. The predicted molar refractivity (Wildman–Crippen MR) is 87.7 cm³/mol. The van der Waals surface area contributed by atoms with Gasteiger partial charge in [0.1, 0.15) is 19.8 Å². The third kappa shape index (κ3) is 3.94. The fraction of sp³-hybridized carbons (Fsp3) is 0.294. The molecule has 0 bridgehead atoms. The van der Waals surface area contributed by atoms with Crippen LogP contribution in [0.15, 0.2) is 42.5 Å². The maximum Gasteiger partial charge on any atom is 0.269 e. The lowest BCUT2D eigenvalue weighted by Crippen LogP contribution is -2.21. The molecule has 0 aromatic heterocycles. The van der Waals surface area contributed by atoms with Gasteiger partial charge in [0.05, 0.1) is 4.92 Å². The minimum atomic E-state index is -0.396. The van der Waals surface area contributed by atoms with Gasteiger partial charge in [-0.1, -0.05) is 18.2 Å². The Bertz CT molecular complexity index is 720. The van der Waals surface area contributed by atoms with Crippen molar-refractivity contribution >= 4 is 5.69 Å². The summed E-state index contributed by atoms with van der Waals surface area (Å²) in [6.45, 7) is 2.65. The molecule has 0 amide bonds. The summed E-state index contributed by atoms with van der Waals surface area (Å²) in [4.78, 5) is 10.4. The van der Waals surface area contributed by atoms with E-state index in [-0.39, 0.29) is 5.69 Å². The number of non-ortho nitro benzene ring substituents is 1. The SMILES string of the molecule is O=[N+]([O-])c1cccc(CNCCOc2cccc3c2OCCO3)c1. The Balaban J connectivity index is 1.46. The predicted octanol–water partition coefficient (Wildman–Crippen LogP) is 2.53.